The smallest absolute Gasteiger partial charge is 0.304 e. The van der Waals surface area contributed by atoms with E-state index in [-0.39, 0.29) is 24.0 Å². The number of hydrogen-bond donors (Lipinski definition) is 1. The van der Waals surface area contributed by atoms with Crippen molar-refractivity contribution in [1.82, 2.24) is 5.32 Å². The number of carbonyl (C=O) groups excluding carboxylic acids is 2. The highest BCUT2D eigenvalue weighted by atomic mass is 16.6. The molecule has 2 atom stereocenters. The summed E-state index contributed by atoms with van der Waals surface area (Å²) in [6.07, 6.45) is 0.328. The molecule has 4 heteroatoms. The number of ether oxygens (including phenoxy) is 1. The highest BCUT2D eigenvalue weighted by molar-refractivity contribution is 5.86. The average Bonchev–Trinajstić information content (AvgIpc) is 1.86. The van der Waals surface area contributed by atoms with Crippen LogP contribution in [0.15, 0.2) is 0 Å². The Bertz CT molecular complexity index is 190. The van der Waals surface area contributed by atoms with Crippen molar-refractivity contribution in [1.29, 1.82) is 0 Å². The molecule has 62 valence electrons. The summed E-state index contributed by atoms with van der Waals surface area (Å²) < 4.78 is 4.79. The van der Waals surface area contributed by atoms with Gasteiger partial charge in [-0.3, -0.25) is 9.59 Å². The topological polar surface area (TPSA) is 55.4 Å². The van der Waals surface area contributed by atoms with E-state index in [2.05, 4.69) is 5.32 Å². The molecular weight excluding hydrogens is 146 g/mol. The molecule has 0 unspecified atom stereocenters. The van der Waals surface area contributed by atoms with Crippen molar-refractivity contribution in [3.05, 3.63) is 0 Å². The third-order valence-electron chi connectivity index (χ3n) is 1.72. The number of rotatable bonds is 2. The molecule has 0 aromatic carbocycles. The van der Waals surface area contributed by atoms with Crippen molar-refractivity contribution in [3.8, 4) is 0 Å². The van der Waals surface area contributed by atoms with Crippen LogP contribution in [0.1, 0.15) is 20.3 Å². The lowest BCUT2D eigenvalue weighted by molar-refractivity contribution is -0.167. The SMILES string of the molecule is CC[C@@H]1C(=O)N[C@H]1OC(C)=O. The second-order valence-corrected chi connectivity index (χ2v) is 2.55. The van der Waals surface area contributed by atoms with Crippen molar-refractivity contribution in [3.63, 3.8) is 0 Å². The summed E-state index contributed by atoms with van der Waals surface area (Å²) in [6.45, 7) is 3.22. The fourth-order valence-electron chi connectivity index (χ4n) is 1.08. The first-order valence-electron chi connectivity index (χ1n) is 3.62. The van der Waals surface area contributed by atoms with Crippen LogP contribution in [0.4, 0.5) is 0 Å². The summed E-state index contributed by atoms with van der Waals surface area (Å²) in [5, 5.41) is 2.49. The van der Waals surface area contributed by atoms with Gasteiger partial charge in [0.15, 0.2) is 6.23 Å². The Balaban J connectivity index is 2.38. The minimum atomic E-state index is -0.384. The van der Waals surface area contributed by atoms with Crippen LogP contribution in [0.5, 0.6) is 0 Å². The Hall–Kier alpha value is -1.06. The van der Waals surface area contributed by atoms with E-state index in [1.54, 1.807) is 0 Å². The summed E-state index contributed by atoms with van der Waals surface area (Å²) in [5.41, 5.74) is 0. The van der Waals surface area contributed by atoms with Crippen molar-refractivity contribution < 1.29 is 14.3 Å². The zero-order chi connectivity index (χ0) is 8.43. The van der Waals surface area contributed by atoms with Crippen LogP contribution in [0.2, 0.25) is 0 Å². The molecule has 4 nitrogen and oxygen atoms in total. The number of nitrogens with one attached hydrogen (secondary N) is 1. The van der Waals surface area contributed by atoms with Crippen molar-refractivity contribution >= 4 is 11.9 Å². The molecule has 0 aliphatic carbocycles. The Morgan fingerprint density at radius 2 is 2.36 bits per heavy atom. The third-order valence-corrected chi connectivity index (χ3v) is 1.72. The molecule has 1 rings (SSSR count). The van der Waals surface area contributed by atoms with Crippen LogP contribution >= 0.6 is 0 Å². The minimum absolute atomic E-state index is 0.0289. The van der Waals surface area contributed by atoms with Gasteiger partial charge in [0.25, 0.3) is 0 Å². The van der Waals surface area contributed by atoms with Gasteiger partial charge in [0, 0.05) is 6.92 Å². The molecule has 0 radical (unpaired) electrons. The predicted octanol–water partition coefficient (Wildman–Crippen LogP) is 0.0316. The van der Waals surface area contributed by atoms with E-state index < -0.39 is 0 Å². The van der Waals surface area contributed by atoms with Crippen LogP contribution in [0.25, 0.3) is 0 Å². The lowest BCUT2D eigenvalue weighted by atomic mass is 9.96. The van der Waals surface area contributed by atoms with Gasteiger partial charge in [-0.05, 0) is 6.42 Å². The van der Waals surface area contributed by atoms with E-state index >= 15 is 0 Å². The van der Waals surface area contributed by atoms with Crippen molar-refractivity contribution in [2.45, 2.75) is 26.5 Å². The van der Waals surface area contributed by atoms with E-state index in [4.69, 9.17) is 4.74 Å². The van der Waals surface area contributed by atoms with Crippen LogP contribution in [-0.4, -0.2) is 18.1 Å². The lowest BCUT2D eigenvalue weighted by Crippen LogP contribution is -2.59. The van der Waals surface area contributed by atoms with Gasteiger partial charge in [-0.25, -0.2) is 0 Å². The fraction of sp³-hybridized carbons (Fsp3) is 0.714. The van der Waals surface area contributed by atoms with E-state index in [1.807, 2.05) is 6.92 Å². The van der Waals surface area contributed by atoms with Crippen LogP contribution in [0, 0.1) is 5.92 Å². The second kappa shape index (κ2) is 2.90. The molecule has 1 aliphatic rings. The maximum Gasteiger partial charge on any atom is 0.304 e. The highest BCUT2D eigenvalue weighted by Gasteiger charge is 2.39. The minimum Gasteiger partial charge on any atom is -0.441 e. The number of hydrogen-bond acceptors (Lipinski definition) is 3. The van der Waals surface area contributed by atoms with Gasteiger partial charge in [-0.2, -0.15) is 0 Å². The molecule has 1 amide bonds. The monoisotopic (exact) mass is 157 g/mol. The Kier molecular flexibility index (Phi) is 2.12. The zero-order valence-electron chi connectivity index (χ0n) is 6.59. The van der Waals surface area contributed by atoms with E-state index in [0.717, 1.165) is 0 Å². The first kappa shape index (κ1) is 8.04. The first-order chi connectivity index (χ1) is 5.15. The van der Waals surface area contributed by atoms with Crippen molar-refractivity contribution in [2.75, 3.05) is 0 Å². The van der Waals surface area contributed by atoms with Crippen LogP contribution < -0.4 is 5.32 Å². The molecule has 0 aromatic heterocycles. The number of esters is 1. The van der Waals surface area contributed by atoms with Crippen molar-refractivity contribution in [2.24, 2.45) is 5.92 Å². The molecule has 0 spiro atoms. The van der Waals surface area contributed by atoms with Gasteiger partial charge in [0.05, 0.1) is 5.92 Å². The molecule has 1 saturated heterocycles. The van der Waals surface area contributed by atoms with Crippen LogP contribution in [-0.2, 0) is 14.3 Å². The Morgan fingerprint density at radius 1 is 1.73 bits per heavy atom. The fourth-order valence-corrected chi connectivity index (χ4v) is 1.08. The molecule has 1 N–H and O–H groups in total. The Labute approximate surface area is 64.9 Å². The summed E-state index contributed by atoms with van der Waals surface area (Å²) in [7, 11) is 0. The highest BCUT2D eigenvalue weighted by Crippen LogP contribution is 2.19. The first-order valence-corrected chi connectivity index (χ1v) is 3.62. The molecule has 1 fully saturated rings. The number of carbonyl (C=O) groups is 2. The maximum absolute atomic E-state index is 10.8. The van der Waals surface area contributed by atoms with E-state index in [1.165, 1.54) is 6.92 Å². The van der Waals surface area contributed by atoms with Gasteiger partial charge in [-0.1, -0.05) is 6.92 Å². The van der Waals surface area contributed by atoms with Gasteiger partial charge >= 0.3 is 5.97 Å². The Morgan fingerprint density at radius 3 is 2.73 bits per heavy atom. The molecule has 1 aliphatic heterocycles. The van der Waals surface area contributed by atoms with Gasteiger partial charge < -0.3 is 10.1 Å². The summed E-state index contributed by atoms with van der Waals surface area (Å²) in [5.74, 6) is -0.522. The second-order valence-electron chi connectivity index (χ2n) is 2.55. The van der Waals surface area contributed by atoms with Crippen LogP contribution in [0.3, 0.4) is 0 Å². The molecule has 11 heavy (non-hydrogen) atoms. The largest absolute Gasteiger partial charge is 0.441 e. The quantitative estimate of drug-likeness (QED) is 0.454. The van der Waals surface area contributed by atoms with E-state index in [0.29, 0.717) is 6.42 Å². The zero-order valence-corrected chi connectivity index (χ0v) is 6.59. The number of amides is 1. The summed E-state index contributed by atoms with van der Waals surface area (Å²) >= 11 is 0. The predicted molar refractivity (Wildman–Crippen MR) is 37.5 cm³/mol. The van der Waals surface area contributed by atoms with E-state index in [9.17, 15) is 9.59 Å². The summed E-state index contributed by atoms with van der Waals surface area (Å²) in [6, 6.07) is 0. The average molecular weight is 157 g/mol. The summed E-state index contributed by atoms with van der Waals surface area (Å²) in [4.78, 5) is 21.2. The van der Waals surface area contributed by atoms with Gasteiger partial charge in [-0.15, -0.1) is 0 Å². The molecule has 0 aromatic rings. The number of β-lactam (4-membered cyclic amide) rings is 1. The molecule has 0 saturated carbocycles. The molecular formula is C7H11NO3. The third kappa shape index (κ3) is 1.50. The standard InChI is InChI=1S/C7H11NO3/c1-3-5-6(10)8-7(5)11-4(2)9/h5,7H,3H2,1-2H3,(H,8,10)/t5-,7+/m1/s1. The molecule has 1 heterocycles. The van der Waals surface area contributed by atoms with Gasteiger partial charge in [0.2, 0.25) is 5.91 Å². The normalized spacial score (nSPS) is 28.7. The molecule has 0 bridgehead atoms. The lowest BCUT2D eigenvalue weighted by Gasteiger charge is -2.34. The van der Waals surface area contributed by atoms with Gasteiger partial charge in [0.1, 0.15) is 0 Å². The maximum atomic E-state index is 10.8.